The van der Waals surface area contributed by atoms with E-state index in [1.807, 2.05) is 0 Å². The lowest BCUT2D eigenvalue weighted by molar-refractivity contribution is 0.227. The standard InChI is InChI=1S/C49H47NS2/c1-3-13-32(14-4-1)35-23-26-41-48(31-35)52-47-28-25-34(30-42(47)49(41)39-18-8-11-21-45(39)51-46-22-12-9-19-40(46)49)33-24-27-44-38(29-33)37-17-7-10-20-43(37)50(44)36-15-5-2-6-16-36/h2,5-9,11-12,15-19,21,24-25,27-30,32,35,38,44,46H,1,3-4,10,13-14,20,22-23,26,31H2. The molecule has 3 heteroatoms. The van der Waals surface area contributed by atoms with E-state index in [2.05, 4.69) is 150 Å². The summed E-state index contributed by atoms with van der Waals surface area (Å²) >= 11 is 4.25. The third-order valence-corrected chi connectivity index (χ3v) is 16.3. The highest BCUT2D eigenvalue weighted by Gasteiger charge is 2.53. The van der Waals surface area contributed by atoms with E-state index in [9.17, 15) is 0 Å². The molecular weight excluding hydrogens is 667 g/mol. The summed E-state index contributed by atoms with van der Waals surface area (Å²) < 4.78 is 0. The summed E-state index contributed by atoms with van der Waals surface area (Å²) in [5, 5.41) is 0.477. The van der Waals surface area contributed by atoms with Crippen molar-refractivity contribution in [3.05, 3.63) is 165 Å². The largest absolute Gasteiger partial charge is 0.337 e. The van der Waals surface area contributed by atoms with E-state index in [0.717, 1.165) is 31.1 Å². The van der Waals surface area contributed by atoms with Crippen LogP contribution in [-0.2, 0) is 5.41 Å². The fourth-order valence-corrected chi connectivity index (χ4v) is 14.3. The molecule has 5 atom stereocenters. The molecule has 3 aromatic carbocycles. The van der Waals surface area contributed by atoms with Crippen LogP contribution in [-0.4, -0.2) is 11.3 Å². The molecule has 5 unspecified atom stereocenters. The molecule has 0 aromatic heterocycles. The Labute approximate surface area is 318 Å². The molecule has 0 radical (unpaired) electrons. The van der Waals surface area contributed by atoms with E-state index in [4.69, 9.17) is 0 Å². The van der Waals surface area contributed by atoms with Gasteiger partial charge < -0.3 is 4.90 Å². The molecule has 1 nitrogen and oxygen atoms in total. The van der Waals surface area contributed by atoms with Gasteiger partial charge in [0.15, 0.2) is 0 Å². The van der Waals surface area contributed by atoms with Crippen LogP contribution in [0.2, 0.25) is 0 Å². The number of nitrogens with zero attached hydrogens (tertiary/aromatic N) is 1. The minimum atomic E-state index is -0.193. The lowest BCUT2D eigenvalue weighted by Gasteiger charge is -2.52. The predicted octanol–water partition coefficient (Wildman–Crippen LogP) is 13.1. The number of hydrogen-bond acceptors (Lipinski definition) is 3. The number of thioether (sulfide) groups is 2. The van der Waals surface area contributed by atoms with Crippen molar-refractivity contribution in [3.63, 3.8) is 0 Å². The number of para-hydroxylation sites is 1. The normalized spacial score (nSPS) is 30.3. The molecule has 52 heavy (non-hydrogen) atoms. The Morgan fingerprint density at radius 2 is 1.65 bits per heavy atom. The molecule has 1 fully saturated rings. The van der Waals surface area contributed by atoms with Crippen LogP contribution in [0.15, 0.2) is 159 Å². The third-order valence-electron chi connectivity index (χ3n) is 13.7. The van der Waals surface area contributed by atoms with Crippen molar-refractivity contribution in [1.82, 2.24) is 0 Å². The number of benzene rings is 3. The molecule has 8 aliphatic rings. The molecule has 5 aliphatic carbocycles. The smallest absolute Gasteiger partial charge is 0.0668 e. The van der Waals surface area contributed by atoms with E-state index in [0.29, 0.717) is 17.2 Å². The molecule has 11 rings (SSSR count). The van der Waals surface area contributed by atoms with Crippen molar-refractivity contribution in [3.8, 4) is 0 Å². The number of anilines is 1. The van der Waals surface area contributed by atoms with Gasteiger partial charge in [-0.3, -0.25) is 0 Å². The summed E-state index contributed by atoms with van der Waals surface area (Å²) in [6.07, 6.45) is 34.1. The Kier molecular flexibility index (Phi) is 7.80. The fraction of sp³-hybridized carbons (Fsp3) is 0.347. The third kappa shape index (κ3) is 4.84. The van der Waals surface area contributed by atoms with Crippen LogP contribution in [0.4, 0.5) is 5.69 Å². The van der Waals surface area contributed by atoms with Crippen molar-refractivity contribution in [2.45, 2.75) is 97.1 Å². The average molecular weight is 714 g/mol. The van der Waals surface area contributed by atoms with Crippen LogP contribution in [0.25, 0.3) is 5.57 Å². The first-order valence-electron chi connectivity index (χ1n) is 20.1. The lowest BCUT2D eigenvalue weighted by atomic mass is 9.58. The van der Waals surface area contributed by atoms with Gasteiger partial charge in [-0.25, -0.2) is 0 Å². The van der Waals surface area contributed by atoms with Gasteiger partial charge in [-0.15, -0.1) is 11.8 Å². The van der Waals surface area contributed by atoms with Crippen LogP contribution in [0.1, 0.15) is 87.3 Å². The average Bonchev–Trinajstić information content (AvgIpc) is 3.55. The van der Waals surface area contributed by atoms with Crippen LogP contribution in [0, 0.1) is 17.8 Å². The Morgan fingerprint density at radius 3 is 2.58 bits per heavy atom. The van der Waals surface area contributed by atoms with Crippen molar-refractivity contribution >= 4 is 34.8 Å². The summed E-state index contributed by atoms with van der Waals surface area (Å²) in [5.74, 6) is 2.12. The molecular formula is C49H47NS2. The molecule has 3 aromatic rings. The second-order valence-corrected chi connectivity index (χ2v) is 18.7. The van der Waals surface area contributed by atoms with Crippen LogP contribution < -0.4 is 4.90 Å². The first-order valence-corrected chi connectivity index (χ1v) is 21.8. The van der Waals surface area contributed by atoms with Crippen molar-refractivity contribution in [2.75, 3.05) is 4.90 Å². The molecule has 1 spiro atoms. The monoisotopic (exact) mass is 713 g/mol. The van der Waals surface area contributed by atoms with E-state index in [1.54, 1.807) is 16.1 Å². The topological polar surface area (TPSA) is 3.24 Å². The Hall–Kier alpha value is -3.66. The number of fused-ring (bicyclic) bond motifs is 9. The highest BCUT2D eigenvalue weighted by Crippen LogP contribution is 2.65. The molecule has 3 aliphatic heterocycles. The van der Waals surface area contributed by atoms with Crippen LogP contribution in [0.3, 0.4) is 0 Å². The van der Waals surface area contributed by atoms with Crippen molar-refractivity contribution in [1.29, 1.82) is 0 Å². The molecule has 0 bridgehead atoms. The molecule has 0 amide bonds. The zero-order chi connectivity index (χ0) is 34.2. The van der Waals surface area contributed by atoms with Gasteiger partial charge in [-0.05, 0) is 125 Å². The Bertz CT molecular complexity index is 2170. The maximum Gasteiger partial charge on any atom is 0.0668 e. The minimum Gasteiger partial charge on any atom is -0.337 e. The number of rotatable bonds is 3. The van der Waals surface area contributed by atoms with Crippen molar-refractivity contribution < 1.29 is 0 Å². The zero-order valence-electron chi connectivity index (χ0n) is 30.0. The second kappa shape index (κ2) is 12.7. The van der Waals surface area contributed by atoms with Gasteiger partial charge in [0.25, 0.3) is 0 Å². The lowest BCUT2D eigenvalue weighted by Crippen LogP contribution is -2.44. The van der Waals surface area contributed by atoms with Gasteiger partial charge in [0.05, 0.1) is 11.5 Å². The Morgan fingerprint density at radius 1 is 0.769 bits per heavy atom. The summed E-state index contributed by atoms with van der Waals surface area (Å²) in [6.45, 7) is 0. The summed E-state index contributed by atoms with van der Waals surface area (Å²) in [7, 11) is 0. The first-order chi connectivity index (χ1) is 25.8. The fourth-order valence-electron chi connectivity index (χ4n) is 11.5. The number of hydrogen-bond donors (Lipinski definition) is 0. The zero-order valence-corrected chi connectivity index (χ0v) is 31.6. The van der Waals surface area contributed by atoms with Gasteiger partial charge in [0.1, 0.15) is 0 Å². The summed E-state index contributed by atoms with van der Waals surface area (Å²) in [6, 6.07) is 28.5. The summed E-state index contributed by atoms with van der Waals surface area (Å²) in [4.78, 5) is 7.30. The molecule has 1 saturated carbocycles. The Balaban J connectivity index is 1.06. The minimum absolute atomic E-state index is 0.193. The highest BCUT2D eigenvalue weighted by molar-refractivity contribution is 8.03. The molecule has 3 heterocycles. The van der Waals surface area contributed by atoms with Gasteiger partial charge in [-0.2, -0.15) is 0 Å². The van der Waals surface area contributed by atoms with E-state index >= 15 is 0 Å². The summed E-state index contributed by atoms with van der Waals surface area (Å²) in [5.41, 5.74) is 13.3. The SMILES string of the molecule is C1=CCC2Sc3ccccc3C3(C2=C1)C1=C(CC(C2CCCCC2)CC1)Sc1ccc(C2=CC4C5=C(CCC=C5)N(c5ccccc5)C4C=C2)cc13. The van der Waals surface area contributed by atoms with Gasteiger partial charge in [0.2, 0.25) is 0 Å². The maximum atomic E-state index is 2.65. The van der Waals surface area contributed by atoms with E-state index < -0.39 is 0 Å². The maximum absolute atomic E-state index is 2.65. The second-order valence-electron chi connectivity index (χ2n) is 16.3. The van der Waals surface area contributed by atoms with E-state index in [-0.39, 0.29) is 5.41 Å². The van der Waals surface area contributed by atoms with Gasteiger partial charge in [-0.1, -0.05) is 135 Å². The first kappa shape index (κ1) is 31.8. The van der Waals surface area contributed by atoms with Gasteiger partial charge in [0, 0.05) is 32.3 Å². The molecule has 260 valence electrons. The highest BCUT2D eigenvalue weighted by atomic mass is 32.2. The van der Waals surface area contributed by atoms with Crippen molar-refractivity contribution in [2.24, 2.45) is 17.8 Å². The van der Waals surface area contributed by atoms with E-state index in [1.165, 1.54) is 100 Å². The van der Waals surface area contributed by atoms with Crippen LogP contribution in [0.5, 0.6) is 0 Å². The quantitative estimate of drug-likeness (QED) is 0.266. The van der Waals surface area contributed by atoms with Gasteiger partial charge >= 0.3 is 0 Å². The van der Waals surface area contributed by atoms with Crippen LogP contribution >= 0.6 is 23.5 Å². The number of allylic oxidation sites excluding steroid dienone is 10. The predicted molar refractivity (Wildman–Crippen MR) is 221 cm³/mol. The molecule has 0 N–H and O–H groups in total. The molecule has 0 saturated heterocycles.